The van der Waals surface area contributed by atoms with E-state index in [0.717, 1.165) is 4.31 Å². The number of nitrogens with one attached hydrogen (secondary N) is 1. The maximum absolute atomic E-state index is 12.2. The normalized spacial score (nSPS) is 11.9. The Morgan fingerprint density at radius 1 is 1.43 bits per heavy atom. The van der Waals surface area contributed by atoms with E-state index < -0.39 is 16.0 Å². The molecule has 8 heteroatoms. The van der Waals surface area contributed by atoms with E-state index in [1.165, 1.54) is 26.4 Å². The van der Waals surface area contributed by atoms with Gasteiger partial charge in [-0.3, -0.25) is 0 Å². The molecule has 124 valence electrons. The molecule has 0 amide bonds. The van der Waals surface area contributed by atoms with Crippen molar-refractivity contribution in [1.29, 1.82) is 5.26 Å². The third kappa shape index (κ3) is 4.55. The van der Waals surface area contributed by atoms with E-state index in [-0.39, 0.29) is 17.1 Å². The summed E-state index contributed by atoms with van der Waals surface area (Å²) in [7, 11) is -0.688. The fourth-order valence-corrected chi connectivity index (χ4v) is 2.81. The van der Waals surface area contributed by atoms with Gasteiger partial charge in [-0.05, 0) is 31.5 Å². The minimum Gasteiger partial charge on any atom is -0.462 e. The van der Waals surface area contributed by atoms with Crippen molar-refractivity contribution in [1.82, 2.24) is 4.31 Å². The highest BCUT2D eigenvalue weighted by molar-refractivity contribution is 7.89. The Morgan fingerprint density at radius 3 is 2.61 bits per heavy atom. The standard InChI is InChI=1S/C15H19N3O4S/c1-5-22-15(19)12(9-16)10-17-13-7-6-11(2)14(8-13)23(20,21)18(3)4/h6-8,10,17H,5H2,1-4H3/b12-10+. The summed E-state index contributed by atoms with van der Waals surface area (Å²) in [6, 6.07) is 6.47. The molecule has 23 heavy (non-hydrogen) atoms. The molecule has 0 saturated carbocycles. The molecule has 1 aromatic rings. The van der Waals surface area contributed by atoms with Crippen LogP contribution in [0.15, 0.2) is 34.9 Å². The number of sulfonamides is 1. The maximum Gasteiger partial charge on any atom is 0.350 e. The third-order valence-electron chi connectivity index (χ3n) is 2.95. The first-order valence-electron chi connectivity index (χ1n) is 6.81. The fraction of sp³-hybridized carbons (Fsp3) is 0.333. The van der Waals surface area contributed by atoms with Gasteiger partial charge in [-0.2, -0.15) is 5.26 Å². The first-order valence-corrected chi connectivity index (χ1v) is 8.25. The molecule has 1 rings (SSSR count). The molecule has 0 unspecified atom stereocenters. The van der Waals surface area contributed by atoms with Gasteiger partial charge in [0.2, 0.25) is 10.0 Å². The van der Waals surface area contributed by atoms with Gasteiger partial charge in [0.15, 0.2) is 5.57 Å². The zero-order valence-electron chi connectivity index (χ0n) is 13.5. The third-order valence-corrected chi connectivity index (χ3v) is 4.90. The van der Waals surface area contributed by atoms with Gasteiger partial charge in [-0.1, -0.05) is 6.07 Å². The molecule has 0 heterocycles. The lowest BCUT2D eigenvalue weighted by atomic mass is 10.2. The number of hydrogen-bond acceptors (Lipinski definition) is 6. The predicted octanol–water partition coefficient (Wildman–Crippen LogP) is 1.63. The molecule has 0 aromatic heterocycles. The minimum atomic E-state index is -3.58. The van der Waals surface area contributed by atoms with Crippen LogP contribution in [0.25, 0.3) is 0 Å². The quantitative estimate of drug-likeness (QED) is 0.481. The molecular weight excluding hydrogens is 318 g/mol. The number of nitriles is 1. The van der Waals surface area contributed by atoms with Crippen LogP contribution in [0.1, 0.15) is 12.5 Å². The molecule has 0 aliphatic carbocycles. The van der Waals surface area contributed by atoms with Crippen molar-refractivity contribution >= 4 is 21.7 Å². The van der Waals surface area contributed by atoms with Gasteiger partial charge < -0.3 is 10.1 Å². The Balaban J connectivity index is 3.13. The SMILES string of the molecule is CCOC(=O)/C(C#N)=C/Nc1ccc(C)c(S(=O)(=O)N(C)C)c1. The summed E-state index contributed by atoms with van der Waals surface area (Å²) >= 11 is 0. The number of ether oxygens (including phenoxy) is 1. The smallest absolute Gasteiger partial charge is 0.350 e. The first-order chi connectivity index (χ1) is 10.7. The van der Waals surface area contributed by atoms with Crippen LogP contribution >= 0.6 is 0 Å². The molecule has 0 saturated heterocycles. The summed E-state index contributed by atoms with van der Waals surface area (Å²) in [6.45, 7) is 3.49. The molecule has 0 fully saturated rings. The van der Waals surface area contributed by atoms with Crippen LogP contribution in [0.3, 0.4) is 0 Å². The van der Waals surface area contributed by atoms with E-state index in [4.69, 9.17) is 10.00 Å². The van der Waals surface area contributed by atoms with E-state index in [1.54, 1.807) is 32.0 Å². The molecule has 0 aliphatic rings. The topological polar surface area (TPSA) is 99.5 Å². The minimum absolute atomic E-state index is 0.149. The number of anilines is 1. The van der Waals surface area contributed by atoms with Crippen LogP contribution in [0.5, 0.6) is 0 Å². The van der Waals surface area contributed by atoms with Crippen LogP contribution in [0.2, 0.25) is 0 Å². The van der Waals surface area contributed by atoms with Gasteiger partial charge >= 0.3 is 5.97 Å². The highest BCUT2D eigenvalue weighted by Crippen LogP contribution is 2.22. The Morgan fingerprint density at radius 2 is 2.09 bits per heavy atom. The number of carbonyl (C=O) groups is 1. The zero-order valence-corrected chi connectivity index (χ0v) is 14.3. The van der Waals surface area contributed by atoms with Crippen molar-refractivity contribution in [3.05, 3.63) is 35.5 Å². The Labute approximate surface area is 136 Å². The Kier molecular flexibility index (Phi) is 6.30. The van der Waals surface area contributed by atoms with Gasteiger partial charge in [0.1, 0.15) is 6.07 Å². The first kappa shape index (κ1) is 18.7. The van der Waals surface area contributed by atoms with Crippen molar-refractivity contribution in [2.45, 2.75) is 18.7 Å². The van der Waals surface area contributed by atoms with Crippen LogP contribution < -0.4 is 5.32 Å². The van der Waals surface area contributed by atoms with Crippen LogP contribution in [-0.2, 0) is 19.6 Å². The average Bonchev–Trinajstić information content (AvgIpc) is 2.49. The van der Waals surface area contributed by atoms with Gasteiger partial charge in [-0.15, -0.1) is 0 Å². The van der Waals surface area contributed by atoms with Gasteiger partial charge in [0, 0.05) is 26.0 Å². The van der Waals surface area contributed by atoms with E-state index in [9.17, 15) is 13.2 Å². The Hall–Kier alpha value is -2.37. The lowest BCUT2D eigenvalue weighted by Gasteiger charge is -2.14. The molecule has 7 nitrogen and oxygen atoms in total. The van der Waals surface area contributed by atoms with Crippen LogP contribution in [-0.4, -0.2) is 39.4 Å². The van der Waals surface area contributed by atoms with Gasteiger partial charge in [-0.25, -0.2) is 17.5 Å². The number of rotatable bonds is 6. The molecule has 0 radical (unpaired) electrons. The number of benzene rings is 1. The van der Waals surface area contributed by atoms with Crippen molar-refractivity contribution in [2.75, 3.05) is 26.0 Å². The van der Waals surface area contributed by atoms with E-state index in [1.807, 2.05) is 0 Å². The van der Waals surface area contributed by atoms with Gasteiger partial charge in [0.25, 0.3) is 0 Å². The van der Waals surface area contributed by atoms with Crippen molar-refractivity contribution in [2.24, 2.45) is 0 Å². The lowest BCUT2D eigenvalue weighted by molar-refractivity contribution is -0.138. The van der Waals surface area contributed by atoms with Crippen molar-refractivity contribution < 1.29 is 17.9 Å². The lowest BCUT2D eigenvalue weighted by Crippen LogP contribution is -2.23. The molecule has 0 aliphatic heterocycles. The summed E-state index contributed by atoms with van der Waals surface area (Å²) in [5.41, 5.74) is 0.830. The van der Waals surface area contributed by atoms with E-state index in [2.05, 4.69) is 5.32 Å². The molecule has 1 aromatic carbocycles. The maximum atomic E-state index is 12.2. The number of carbonyl (C=O) groups excluding carboxylic acids is 1. The fourth-order valence-electron chi connectivity index (χ4n) is 1.67. The van der Waals surface area contributed by atoms with Crippen LogP contribution in [0.4, 0.5) is 5.69 Å². The molecule has 0 bridgehead atoms. The molecule has 1 N–H and O–H groups in total. The largest absolute Gasteiger partial charge is 0.462 e. The summed E-state index contributed by atoms with van der Waals surface area (Å²) < 4.78 is 30.4. The number of nitrogens with zero attached hydrogens (tertiary/aromatic N) is 2. The monoisotopic (exact) mass is 337 g/mol. The van der Waals surface area contributed by atoms with Crippen molar-refractivity contribution in [3.63, 3.8) is 0 Å². The zero-order chi connectivity index (χ0) is 17.6. The van der Waals surface area contributed by atoms with E-state index >= 15 is 0 Å². The number of esters is 1. The molecule has 0 spiro atoms. The molecule has 0 atom stereocenters. The summed E-state index contributed by atoms with van der Waals surface area (Å²) in [5.74, 6) is -0.740. The Bertz CT molecular complexity index is 761. The van der Waals surface area contributed by atoms with Gasteiger partial charge in [0.05, 0.1) is 11.5 Å². The highest BCUT2D eigenvalue weighted by Gasteiger charge is 2.20. The van der Waals surface area contributed by atoms with Crippen LogP contribution in [0, 0.1) is 18.3 Å². The number of hydrogen-bond donors (Lipinski definition) is 1. The molecular formula is C15H19N3O4S. The summed E-state index contributed by atoms with van der Waals surface area (Å²) in [5, 5.41) is 11.7. The second kappa shape index (κ2) is 7.76. The summed E-state index contributed by atoms with van der Waals surface area (Å²) in [6.07, 6.45) is 1.19. The highest BCUT2D eigenvalue weighted by atomic mass is 32.2. The summed E-state index contributed by atoms with van der Waals surface area (Å²) in [4.78, 5) is 11.7. The van der Waals surface area contributed by atoms with Crippen molar-refractivity contribution in [3.8, 4) is 6.07 Å². The average molecular weight is 337 g/mol. The second-order valence-corrected chi connectivity index (χ2v) is 6.92. The predicted molar refractivity (Wildman–Crippen MR) is 86.0 cm³/mol. The van der Waals surface area contributed by atoms with E-state index in [0.29, 0.717) is 11.3 Å². The number of aryl methyl sites for hydroxylation is 1. The second-order valence-electron chi connectivity index (χ2n) is 4.80.